The van der Waals surface area contributed by atoms with Crippen LogP contribution in [0.5, 0.6) is 0 Å². The first-order chi connectivity index (χ1) is 6.84. The van der Waals surface area contributed by atoms with Gasteiger partial charge in [0.15, 0.2) is 0 Å². The predicted octanol–water partition coefficient (Wildman–Crippen LogP) is 4.35. The lowest BCUT2D eigenvalue weighted by atomic mass is 10.4. The second kappa shape index (κ2) is 4.67. The summed E-state index contributed by atoms with van der Waals surface area (Å²) in [5.41, 5.74) is 1.37. The van der Waals surface area contributed by atoms with Crippen molar-refractivity contribution in [3.05, 3.63) is 52.2 Å². The Kier molecular flexibility index (Phi) is 3.27. The van der Waals surface area contributed by atoms with Crippen molar-refractivity contribution in [1.82, 2.24) is 0 Å². The van der Waals surface area contributed by atoms with Gasteiger partial charge in [0.25, 0.3) is 0 Å². The Morgan fingerprint density at radius 3 is 2.64 bits per heavy atom. The molecule has 0 spiro atoms. The molecule has 0 N–H and O–H groups in total. The summed E-state index contributed by atoms with van der Waals surface area (Å²) in [7, 11) is 0. The summed E-state index contributed by atoms with van der Waals surface area (Å²) in [4.78, 5) is 2.80. The molecule has 0 fully saturated rings. The zero-order chi connectivity index (χ0) is 9.80. The predicted molar refractivity (Wildman–Crippen MR) is 65.1 cm³/mol. The fraction of sp³-hybridized carbons (Fsp3) is 0.167. The Balaban J connectivity index is 1.95. The molecular weight excluding hydrogens is 208 g/mol. The van der Waals surface area contributed by atoms with Gasteiger partial charge in [-0.25, -0.2) is 0 Å². The van der Waals surface area contributed by atoms with Crippen LogP contribution >= 0.6 is 23.1 Å². The Morgan fingerprint density at radius 1 is 1.21 bits per heavy atom. The molecule has 0 amide bonds. The van der Waals surface area contributed by atoms with Crippen molar-refractivity contribution in [1.29, 1.82) is 0 Å². The summed E-state index contributed by atoms with van der Waals surface area (Å²) in [6, 6.07) is 12.8. The second-order valence-electron chi connectivity index (χ2n) is 3.19. The van der Waals surface area contributed by atoms with Gasteiger partial charge in [-0.15, -0.1) is 23.1 Å². The molecule has 72 valence electrons. The summed E-state index contributed by atoms with van der Waals surface area (Å²) < 4.78 is 0. The van der Waals surface area contributed by atoms with Crippen molar-refractivity contribution in [2.45, 2.75) is 17.6 Å². The van der Waals surface area contributed by atoms with Gasteiger partial charge in [0.1, 0.15) is 0 Å². The quantitative estimate of drug-likeness (QED) is 0.693. The average molecular weight is 220 g/mol. The maximum absolute atomic E-state index is 2.26. The van der Waals surface area contributed by atoms with E-state index in [1.54, 1.807) is 0 Å². The molecule has 2 aromatic rings. The van der Waals surface area contributed by atoms with Gasteiger partial charge >= 0.3 is 0 Å². The van der Waals surface area contributed by atoms with Gasteiger partial charge in [-0.2, -0.15) is 0 Å². The largest absolute Gasteiger partial charge is 0.148 e. The van der Waals surface area contributed by atoms with E-state index < -0.39 is 0 Å². The molecule has 0 unspecified atom stereocenters. The number of benzene rings is 1. The van der Waals surface area contributed by atoms with Crippen LogP contribution in [0.3, 0.4) is 0 Å². The molecule has 2 rings (SSSR count). The first kappa shape index (κ1) is 9.81. The topological polar surface area (TPSA) is 0 Å². The number of thioether (sulfide) groups is 1. The van der Waals surface area contributed by atoms with Gasteiger partial charge in [0, 0.05) is 15.5 Å². The van der Waals surface area contributed by atoms with Crippen molar-refractivity contribution in [3.8, 4) is 0 Å². The number of rotatable bonds is 3. The van der Waals surface area contributed by atoms with Gasteiger partial charge < -0.3 is 0 Å². The van der Waals surface area contributed by atoms with Crippen molar-refractivity contribution < 1.29 is 0 Å². The van der Waals surface area contributed by atoms with Crippen LogP contribution in [0.15, 0.2) is 46.7 Å². The molecule has 1 aromatic heterocycles. The van der Waals surface area contributed by atoms with Gasteiger partial charge in [-0.3, -0.25) is 0 Å². The highest BCUT2D eigenvalue weighted by atomic mass is 32.2. The minimum absolute atomic E-state index is 1.09. The summed E-state index contributed by atoms with van der Waals surface area (Å²) in [5, 5.41) is 2.21. The normalized spacial score (nSPS) is 10.4. The molecule has 0 radical (unpaired) electrons. The molecule has 0 aliphatic rings. The first-order valence-electron chi connectivity index (χ1n) is 4.56. The molecular formula is C12H12S2. The van der Waals surface area contributed by atoms with E-state index in [1.165, 1.54) is 15.3 Å². The van der Waals surface area contributed by atoms with E-state index in [-0.39, 0.29) is 0 Å². The third kappa shape index (κ3) is 2.63. The Labute approximate surface area is 93.0 Å². The number of hydrogen-bond donors (Lipinski definition) is 0. The summed E-state index contributed by atoms with van der Waals surface area (Å²) >= 11 is 3.75. The van der Waals surface area contributed by atoms with Crippen LogP contribution in [-0.2, 0) is 5.75 Å². The average Bonchev–Trinajstić information content (AvgIpc) is 2.63. The smallest absolute Gasteiger partial charge is 0.0326 e. The summed E-state index contributed by atoms with van der Waals surface area (Å²) in [5.74, 6) is 1.09. The molecule has 14 heavy (non-hydrogen) atoms. The summed E-state index contributed by atoms with van der Waals surface area (Å²) in [6.07, 6.45) is 0. The Hall–Kier alpha value is -0.730. The van der Waals surface area contributed by atoms with Crippen LogP contribution < -0.4 is 0 Å². The number of hydrogen-bond acceptors (Lipinski definition) is 2. The van der Waals surface area contributed by atoms with Gasteiger partial charge in [0.05, 0.1) is 0 Å². The van der Waals surface area contributed by atoms with E-state index in [0.29, 0.717) is 0 Å². The maximum Gasteiger partial charge on any atom is 0.0326 e. The van der Waals surface area contributed by atoms with E-state index in [9.17, 15) is 0 Å². The van der Waals surface area contributed by atoms with Gasteiger partial charge in [-0.05, 0) is 36.1 Å². The minimum atomic E-state index is 1.09. The van der Waals surface area contributed by atoms with Crippen LogP contribution in [0.1, 0.15) is 10.4 Å². The molecule has 1 aromatic carbocycles. The lowest BCUT2D eigenvalue weighted by molar-refractivity contribution is 1.42. The molecule has 0 bridgehead atoms. The Bertz CT molecular complexity index is 390. The second-order valence-corrected chi connectivity index (χ2v) is 5.24. The highest BCUT2D eigenvalue weighted by Crippen LogP contribution is 2.25. The van der Waals surface area contributed by atoms with Crippen molar-refractivity contribution >= 4 is 23.1 Å². The Morgan fingerprint density at radius 2 is 2.00 bits per heavy atom. The first-order valence-corrected chi connectivity index (χ1v) is 6.43. The van der Waals surface area contributed by atoms with Crippen LogP contribution in [0.25, 0.3) is 0 Å². The van der Waals surface area contributed by atoms with E-state index in [2.05, 4.69) is 48.7 Å². The molecule has 0 aliphatic heterocycles. The van der Waals surface area contributed by atoms with Crippen molar-refractivity contribution in [3.63, 3.8) is 0 Å². The summed E-state index contributed by atoms with van der Waals surface area (Å²) in [6.45, 7) is 2.15. The lowest BCUT2D eigenvalue weighted by Crippen LogP contribution is -1.73. The fourth-order valence-electron chi connectivity index (χ4n) is 1.24. The fourth-order valence-corrected chi connectivity index (χ4v) is 3.09. The standard InChI is InChI=1S/C12H12S2/c1-10-7-12(13-8-10)9-14-11-5-3-2-4-6-11/h2-8H,9H2,1H3. The van der Waals surface area contributed by atoms with Gasteiger partial charge in [-0.1, -0.05) is 18.2 Å². The van der Waals surface area contributed by atoms with Crippen molar-refractivity contribution in [2.24, 2.45) is 0 Å². The van der Waals surface area contributed by atoms with E-state index in [1.807, 2.05) is 23.1 Å². The van der Waals surface area contributed by atoms with Crippen LogP contribution in [0, 0.1) is 6.92 Å². The molecule has 1 heterocycles. The third-order valence-corrected chi connectivity index (χ3v) is 4.21. The molecule has 0 nitrogen and oxygen atoms in total. The van der Waals surface area contributed by atoms with Crippen molar-refractivity contribution in [2.75, 3.05) is 0 Å². The molecule has 0 saturated heterocycles. The maximum atomic E-state index is 2.26. The molecule has 0 atom stereocenters. The zero-order valence-electron chi connectivity index (χ0n) is 8.07. The van der Waals surface area contributed by atoms with E-state index >= 15 is 0 Å². The minimum Gasteiger partial charge on any atom is -0.148 e. The zero-order valence-corrected chi connectivity index (χ0v) is 9.70. The molecule has 0 saturated carbocycles. The highest BCUT2D eigenvalue weighted by molar-refractivity contribution is 7.98. The van der Waals surface area contributed by atoms with E-state index in [4.69, 9.17) is 0 Å². The third-order valence-electron chi connectivity index (χ3n) is 1.91. The number of thiophene rings is 1. The SMILES string of the molecule is Cc1csc(CSc2ccccc2)c1. The molecule has 2 heteroatoms. The van der Waals surface area contributed by atoms with Gasteiger partial charge in [0.2, 0.25) is 0 Å². The van der Waals surface area contributed by atoms with E-state index in [0.717, 1.165) is 5.75 Å². The lowest BCUT2D eigenvalue weighted by Gasteiger charge is -1.97. The van der Waals surface area contributed by atoms with Crippen LogP contribution in [0.2, 0.25) is 0 Å². The monoisotopic (exact) mass is 220 g/mol. The molecule has 0 aliphatic carbocycles. The van der Waals surface area contributed by atoms with Crippen LogP contribution in [0.4, 0.5) is 0 Å². The number of aryl methyl sites for hydroxylation is 1. The van der Waals surface area contributed by atoms with Crippen LogP contribution in [-0.4, -0.2) is 0 Å². The highest BCUT2D eigenvalue weighted by Gasteiger charge is 1.97.